The molecule has 0 saturated heterocycles. The Morgan fingerprint density at radius 2 is 1.73 bits per heavy atom. The Balaban J connectivity index is 2.32. The summed E-state index contributed by atoms with van der Waals surface area (Å²) in [6, 6.07) is 11.6. The average Bonchev–Trinajstić information content (AvgIpc) is 2.63. The second-order valence-corrected chi connectivity index (χ2v) is 7.33. The SMILES string of the molecule is CCOc1ccc(S(=O)(=O)Nc2ccc(CC)cc2)cc1NC(=O)CC. The number of anilines is 2. The zero-order chi connectivity index (χ0) is 19.2. The Labute approximate surface area is 154 Å². The second-order valence-electron chi connectivity index (χ2n) is 5.65. The minimum Gasteiger partial charge on any atom is -0.492 e. The maximum atomic E-state index is 12.7. The summed E-state index contributed by atoms with van der Waals surface area (Å²) in [6.07, 6.45) is 1.16. The predicted molar refractivity (Wildman–Crippen MR) is 103 cm³/mol. The van der Waals surface area contributed by atoms with Gasteiger partial charge in [0, 0.05) is 12.1 Å². The van der Waals surface area contributed by atoms with Crippen LogP contribution in [0.3, 0.4) is 0 Å². The first kappa shape index (κ1) is 19.8. The number of nitrogens with one attached hydrogen (secondary N) is 2. The zero-order valence-electron chi connectivity index (χ0n) is 15.2. The van der Waals surface area contributed by atoms with E-state index in [1.165, 1.54) is 12.1 Å². The number of benzene rings is 2. The third-order valence-corrected chi connectivity index (χ3v) is 5.15. The molecule has 0 aromatic heterocycles. The maximum Gasteiger partial charge on any atom is 0.261 e. The first-order chi connectivity index (χ1) is 12.4. The molecule has 0 radical (unpaired) electrons. The van der Waals surface area contributed by atoms with Crippen molar-refractivity contribution in [3.8, 4) is 5.75 Å². The highest BCUT2D eigenvalue weighted by Crippen LogP contribution is 2.29. The van der Waals surface area contributed by atoms with Crippen LogP contribution in [0.5, 0.6) is 5.75 Å². The molecule has 0 bridgehead atoms. The van der Waals surface area contributed by atoms with Crippen LogP contribution < -0.4 is 14.8 Å². The highest BCUT2D eigenvalue weighted by molar-refractivity contribution is 7.92. The molecule has 0 fully saturated rings. The van der Waals surface area contributed by atoms with Gasteiger partial charge in [-0.1, -0.05) is 26.0 Å². The monoisotopic (exact) mass is 376 g/mol. The smallest absolute Gasteiger partial charge is 0.261 e. The number of ether oxygens (including phenoxy) is 1. The summed E-state index contributed by atoms with van der Waals surface area (Å²) in [6.45, 7) is 5.98. The van der Waals surface area contributed by atoms with Gasteiger partial charge in [0.05, 0.1) is 17.2 Å². The Morgan fingerprint density at radius 1 is 1.04 bits per heavy atom. The van der Waals surface area contributed by atoms with Crippen LogP contribution in [0.4, 0.5) is 11.4 Å². The van der Waals surface area contributed by atoms with Crippen LogP contribution in [0, 0.1) is 0 Å². The predicted octanol–water partition coefficient (Wildman–Crippen LogP) is 3.80. The topological polar surface area (TPSA) is 84.5 Å². The van der Waals surface area contributed by atoms with E-state index in [9.17, 15) is 13.2 Å². The van der Waals surface area contributed by atoms with Crippen LogP contribution >= 0.6 is 0 Å². The van der Waals surface area contributed by atoms with Crippen LogP contribution in [-0.2, 0) is 21.2 Å². The van der Waals surface area contributed by atoms with Crippen LogP contribution in [0.1, 0.15) is 32.8 Å². The molecule has 0 saturated carbocycles. The molecule has 7 heteroatoms. The quantitative estimate of drug-likeness (QED) is 0.734. The van der Waals surface area contributed by atoms with E-state index in [0.29, 0.717) is 23.7 Å². The summed E-state index contributed by atoms with van der Waals surface area (Å²) in [5, 5.41) is 2.68. The van der Waals surface area contributed by atoms with Crippen molar-refractivity contribution in [3.63, 3.8) is 0 Å². The van der Waals surface area contributed by atoms with Gasteiger partial charge in [0.2, 0.25) is 5.91 Å². The van der Waals surface area contributed by atoms with Gasteiger partial charge in [0.1, 0.15) is 5.75 Å². The highest BCUT2D eigenvalue weighted by Gasteiger charge is 2.18. The van der Waals surface area contributed by atoms with Crippen LogP contribution in [-0.4, -0.2) is 20.9 Å². The molecular formula is C19H24N2O4S. The normalized spacial score (nSPS) is 11.0. The minimum absolute atomic E-state index is 0.0481. The molecule has 0 aliphatic heterocycles. The van der Waals surface area contributed by atoms with E-state index in [4.69, 9.17) is 4.74 Å². The van der Waals surface area contributed by atoms with Crippen LogP contribution in [0.2, 0.25) is 0 Å². The van der Waals surface area contributed by atoms with Gasteiger partial charge in [-0.05, 0) is 49.2 Å². The first-order valence-electron chi connectivity index (χ1n) is 8.58. The number of carbonyl (C=O) groups is 1. The minimum atomic E-state index is -3.79. The van der Waals surface area contributed by atoms with Crippen molar-refractivity contribution >= 4 is 27.3 Å². The van der Waals surface area contributed by atoms with Gasteiger partial charge in [-0.2, -0.15) is 0 Å². The molecule has 0 aliphatic carbocycles. The lowest BCUT2D eigenvalue weighted by molar-refractivity contribution is -0.115. The van der Waals surface area contributed by atoms with Crippen molar-refractivity contribution in [3.05, 3.63) is 48.0 Å². The van der Waals surface area contributed by atoms with Gasteiger partial charge in [0.15, 0.2) is 0 Å². The number of hydrogen-bond acceptors (Lipinski definition) is 4. The molecule has 0 aliphatic rings. The number of rotatable bonds is 8. The summed E-state index contributed by atoms with van der Waals surface area (Å²) in [4.78, 5) is 11.8. The Kier molecular flexibility index (Phi) is 6.63. The van der Waals surface area contributed by atoms with Crippen molar-refractivity contribution in [2.24, 2.45) is 0 Å². The lowest BCUT2D eigenvalue weighted by atomic mass is 10.2. The number of aryl methyl sites for hydroxylation is 1. The molecule has 26 heavy (non-hydrogen) atoms. The fraction of sp³-hybridized carbons (Fsp3) is 0.316. The fourth-order valence-corrected chi connectivity index (χ4v) is 3.40. The van der Waals surface area contributed by atoms with E-state index >= 15 is 0 Å². The summed E-state index contributed by atoms with van der Waals surface area (Å²) in [5.74, 6) is 0.212. The fourth-order valence-electron chi connectivity index (χ4n) is 2.32. The highest BCUT2D eigenvalue weighted by atomic mass is 32.2. The number of amides is 1. The van der Waals surface area contributed by atoms with Gasteiger partial charge in [-0.25, -0.2) is 8.42 Å². The van der Waals surface area contributed by atoms with Gasteiger partial charge >= 0.3 is 0 Å². The number of sulfonamides is 1. The Hall–Kier alpha value is -2.54. The van der Waals surface area contributed by atoms with Crippen molar-refractivity contribution in [2.75, 3.05) is 16.6 Å². The van der Waals surface area contributed by atoms with Crippen LogP contribution in [0.15, 0.2) is 47.4 Å². The third-order valence-electron chi connectivity index (χ3n) is 3.77. The standard InChI is InChI=1S/C19H24N2O4S/c1-4-14-7-9-15(10-8-14)21-26(23,24)16-11-12-18(25-6-3)17(13-16)20-19(22)5-2/h7-13,21H,4-6H2,1-3H3,(H,20,22). The molecule has 0 atom stereocenters. The average molecular weight is 376 g/mol. The van der Waals surface area contributed by atoms with Crippen molar-refractivity contribution < 1.29 is 17.9 Å². The second kappa shape index (κ2) is 8.71. The van der Waals surface area contributed by atoms with E-state index in [2.05, 4.69) is 10.0 Å². The molecule has 0 heterocycles. The van der Waals surface area contributed by atoms with Crippen molar-refractivity contribution in [1.29, 1.82) is 0 Å². The molecule has 2 aromatic carbocycles. The summed E-state index contributed by atoms with van der Waals surface area (Å²) in [7, 11) is -3.79. The van der Waals surface area contributed by atoms with Crippen molar-refractivity contribution in [2.45, 2.75) is 38.5 Å². The van der Waals surface area contributed by atoms with E-state index in [-0.39, 0.29) is 17.2 Å². The van der Waals surface area contributed by atoms with E-state index < -0.39 is 10.0 Å². The van der Waals surface area contributed by atoms with Gasteiger partial charge in [0.25, 0.3) is 10.0 Å². The molecule has 2 aromatic rings. The molecule has 2 N–H and O–H groups in total. The zero-order valence-corrected chi connectivity index (χ0v) is 16.0. The van der Waals surface area contributed by atoms with E-state index in [1.54, 1.807) is 25.1 Å². The summed E-state index contributed by atoms with van der Waals surface area (Å²) in [5.41, 5.74) is 1.94. The molecule has 6 nitrogen and oxygen atoms in total. The molecular weight excluding hydrogens is 352 g/mol. The molecule has 2 rings (SSSR count). The lowest BCUT2D eigenvalue weighted by Crippen LogP contribution is -2.15. The van der Waals surface area contributed by atoms with Crippen LogP contribution in [0.25, 0.3) is 0 Å². The van der Waals surface area contributed by atoms with E-state index in [1.807, 2.05) is 26.0 Å². The van der Waals surface area contributed by atoms with Gasteiger partial charge < -0.3 is 10.1 Å². The van der Waals surface area contributed by atoms with Gasteiger partial charge in [-0.3, -0.25) is 9.52 Å². The maximum absolute atomic E-state index is 12.7. The molecule has 140 valence electrons. The van der Waals surface area contributed by atoms with E-state index in [0.717, 1.165) is 12.0 Å². The summed E-state index contributed by atoms with van der Waals surface area (Å²) >= 11 is 0. The molecule has 0 spiro atoms. The largest absolute Gasteiger partial charge is 0.492 e. The van der Waals surface area contributed by atoms with Crippen molar-refractivity contribution in [1.82, 2.24) is 0 Å². The number of carbonyl (C=O) groups excluding carboxylic acids is 1. The van der Waals surface area contributed by atoms with Gasteiger partial charge in [-0.15, -0.1) is 0 Å². The Bertz CT molecular complexity index is 862. The molecule has 1 amide bonds. The lowest BCUT2D eigenvalue weighted by Gasteiger charge is -2.14. The third kappa shape index (κ3) is 4.98. The number of hydrogen-bond donors (Lipinski definition) is 2. The molecule has 0 unspecified atom stereocenters. The summed E-state index contributed by atoms with van der Waals surface area (Å²) < 4.78 is 33.4. The Morgan fingerprint density at radius 3 is 2.31 bits per heavy atom. The first-order valence-corrected chi connectivity index (χ1v) is 10.1.